The molecule has 1 aromatic carbocycles. The van der Waals surface area contributed by atoms with Gasteiger partial charge in [0.2, 0.25) is 0 Å². The van der Waals surface area contributed by atoms with E-state index in [0.29, 0.717) is 30.5 Å². The first-order valence-electron chi connectivity index (χ1n) is 11.0. The Morgan fingerprint density at radius 3 is 2.65 bits per heavy atom. The number of amides is 1. The molecule has 0 atom stereocenters. The highest BCUT2D eigenvalue weighted by Crippen LogP contribution is 2.43. The van der Waals surface area contributed by atoms with Crippen molar-refractivity contribution in [3.05, 3.63) is 53.0 Å². The monoisotopic (exact) mass is 417 g/mol. The number of hydrogen-bond acceptors (Lipinski definition) is 5. The van der Waals surface area contributed by atoms with Gasteiger partial charge in [-0.3, -0.25) is 4.79 Å². The molecule has 5 rings (SSSR count). The van der Waals surface area contributed by atoms with Crippen LogP contribution in [-0.2, 0) is 12.8 Å². The van der Waals surface area contributed by atoms with Crippen molar-refractivity contribution < 1.29 is 9.53 Å². The number of methoxy groups -OCH3 is 1. The molecule has 160 valence electrons. The number of aryl methyl sites for hydroxylation is 2. The first-order chi connectivity index (χ1) is 15.1. The second-order valence-electron chi connectivity index (χ2n) is 8.17. The van der Waals surface area contributed by atoms with Crippen LogP contribution in [0.25, 0.3) is 17.2 Å². The number of nitrogens with zero attached hydrogens (tertiary/aromatic N) is 5. The van der Waals surface area contributed by atoms with Gasteiger partial charge in [0.25, 0.3) is 11.9 Å². The van der Waals surface area contributed by atoms with E-state index >= 15 is 0 Å². The van der Waals surface area contributed by atoms with E-state index in [1.807, 2.05) is 37.1 Å². The molecule has 0 spiro atoms. The molecule has 31 heavy (non-hydrogen) atoms. The largest absolute Gasteiger partial charge is 0.497 e. The summed E-state index contributed by atoms with van der Waals surface area (Å²) in [6, 6.07) is 6.16. The minimum atomic E-state index is 0.0335. The Kier molecular flexibility index (Phi) is 4.96. The highest BCUT2D eigenvalue weighted by Gasteiger charge is 2.34. The second-order valence-corrected chi connectivity index (χ2v) is 8.17. The van der Waals surface area contributed by atoms with Gasteiger partial charge in [-0.15, -0.1) is 0 Å². The molecule has 2 aliphatic carbocycles. The van der Waals surface area contributed by atoms with E-state index in [0.717, 1.165) is 53.9 Å². The zero-order valence-electron chi connectivity index (χ0n) is 18.3. The molecular weight excluding hydrogens is 390 g/mol. The Morgan fingerprint density at radius 1 is 1.16 bits per heavy atom. The van der Waals surface area contributed by atoms with Crippen LogP contribution in [0.5, 0.6) is 5.75 Å². The molecule has 0 saturated heterocycles. The first-order valence-corrected chi connectivity index (χ1v) is 11.0. The Hall–Kier alpha value is -3.22. The lowest BCUT2D eigenvalue weighted by Crippen LogP contribution is -2.31. The van der Waals surface area contributed by atoms with Crippen LogP contribution in [0.15, 0.2) is 30.6 Å². The smallest absolute Gasteiger partial charge is 0.257 e. The third kappa shape index (κ3) is 3.38. The van der Waals surface area contributed by atoms with Crippen LogP contribution in [0.3, 0.4) is 0 Å². The van der Waals surface area contributed by atoms with Crippen molar-refractivity contribution in [2.75, 3.05) is 20.2 Å². The lowest BCUT2D eigenvalue weighted by molar-refractivity contribution is 0.0771. The third-order valence-electron chi connectivity index (χ3n) is 6.33. The van der Waals surface area contributed by atoms with Crippen molar-refractivity contribution in [3.63, 3.8) is 0 Å². The average Bonchev–Trinajstić information content (AvgIpc) is 3.56. The topological polar surface area (TPSA) is 73.1 Å². The number of carbonyl (C=O) groups is 1. The lowest BCUT2D eigenvalue weighted by Gasteiger charge is -2.20. The molecule has 1 amide bonds. The Bertz CT molecular complexity index is 1140. The number of rotatable bonds is 6. The predicted molar refractivity (Wildman–Crippen MR) is 118 cm³/mol. The summed E-state index contributed by atoms with van der Waals surface area (Å²) in [5, 5.41) is 4.58. The maximum Gasteiger partial charge on any atom is 0.257 e. The summed E-state index contributed by atoms with van der Waals surface area (Å²) < 4.78 is 7.22. The van der Waals surface area contributed by atoms with Gasteiger partial charge in [0, 0.05) is 30.8 Å². The molecular formula is C24H27N5O2. The summed E-state index contributed by atoms with van der Waals surface area (Å²) >= 11 is 0. The van der Waals surface area contributed by atoms with Crippen LogP contribution in [0, 0.1) is 0 Å². The van der Waals surface area contributed by atoms with Crippen LogP contribution in [0.2, 0.25) is 0 Å². The summed E-state index contributed by atoms with van der Waals surface area (Å²) in [6.45, 7) is 5.36. The van der Waals surface area contributed by atoms with Crippen LogP contribution in [-0.4, -0.2) is 50.8 Å². The molecule has 3 aromatic rings. The van der Waals surface area contributed by atoms with E-state index in [-0.39, 0.29) is 5.91 Å². The lowest BCUT2D eigenvalue weighted by atomic mass is 9.90. The number of ether oxygens (including phenoxy) is 1. The maximum absolute atomic E-state index is 13.1. The van der Waals surface area contributed by atoms with Gasteiger partial charge in [-0.2, -0.15) is 5.10 Å². The summed E-state index contributed by atoms with van der Waals surface area (Å²) in [4.78, 5) is 24.5. The van der Waals surface area contributed by atoms with Crippen molar-refractivity contribution in [1.82, 2.24) is 24.6 Å². The van der Waals surface area contributed by atoms with E-state index in [2.05, 4.69) is 16.1 Å². The van der Waals surface area contributed by atoms with E-state index < -0.39 is 0 Å². The highest BCUT2D eigenvalue weighted by molar-refractivity contribution is 5.95. The third-order valence-corrected chi connectivity index (χ3v) is 6.33. The zero-order valence-corrected chi connectivity index (χ0v) is 18.3. The minimum Gasteiger partial charge on any atom is -0.497 e. The fourth-order valence-corrected chi connectivity index (χ4v) is 4.42. The first kappa shape index (κ1) is 19.7. The van der Waals surface area contributed by atoms with Crippen molar-refractivity contribution in [2.45, 2.75) is 45.4 Å². The molecule has 1 saturated carbocycles. The van der Waals surface area contributed by atoms with Gasteiger partial charge in [0.1, 0.15) is 5.75 Å². The minimum absolute atomic E-state index is 0.0335. The van der Waals surface area contributed by atoms with Gasteiger partial charge in [0.15, 0.2) is 0 Å². The Balaban J connectivity index is 1.60. The van der Waals surface area contributed by atoms with Crippen LogP contribution in [0.4, 0.5) is 0 Å². The predicted octanol–water partition coefficient (Wildman–Crippen LogP) is 3.80. The van der Waals surface area contributed by atoms with Gasteiger partial charge in [-0.05, 0) is 62.8 Å². The van der Waals surface area contributed by atoms with Crippen LogP contribution >= 0.6 is 0 Å². The summed E-state index contributed by atoms with van der Waals surface area (Å²) in [5.74, 6) is 1.71. The second kappa shape index (κ2) is 7.80. The van der Waals surface area contributed by atoms with Crippen molar-refractivity contribution in [3.8, 4) is 23.0 Å². The van der Waals surface area contributed by atoms with Crippen molar-refractivity contribution >= 4 is 5.91 Å². The van der Waals surface area contributed by atoms with Gasteiger partial charge in [-0.1, -0.05) is 6.07 Å². The summed E-state index contributed by atoms with van der Waals surface area (Å²) in [5.41, 5.74) is 6.03. The number of fused-ring (bicyclic) bond motifs is 3. The molecule has 0 unspecified atom stereocenters. The van der Waals surface area contributed by atoms with E-state index in [1.54, 1.807) is 18.0 Å². The van der Waals surface area contributed by atoms with E-state index in [1.165, 1.54) is 5.56 Å². The fourth-order valence-electron chi connectivity index (χ4n) is 4.42. The number of aromatic nitrogens is 4. The van der Waals surface area contributed by atoms with Gasteiger partial charge in [0.05, 0.1) is 30.3 Å². The van der Waals surface area contributed by atoms with Gasteiger partial charge < -0.3 is 9.64 Å². The molecule has 1 fully saturated rings. The molecule has 0 N–H and O–H groups in total. The zero-order chi connectivity index (χ0) is 21.5. The molecule has 2 aliphatic rings. The highest BCUT2D eigenvalue weighted by atomic mass is 16.5. The number of hydrogen-bond donors (Lipinski definition) is 0. The van der Waals surface area contributed by atoms with Crippen LogP contribution < -0.4 is 4.74 Å². The van der Waals surface area contributed by atoms with Crippen LogP contribution in [0.1, 0.15) is 59.8 Å². The standard InChI is InChI=1S/C24H27N5O2/c1-4-28(5-2)23(30)20-14-26-29(22(20)16-7-8-16)24-25-13-17-9-6-15-10-11-18(31-3)12-19(15)21(17)27-24/h10-14,16H,4-9H2,1-3H3. The molecule has 2 aromatic heterocycles. The fraction of sp³-hybridized carbons (Fsp3) is 0.417. The summed E-state index contributed by atoms with van der Waals surface area (Å²) in [6.07, 6.45) is 7.60. The van der Waals surface area contributed by atoms with E-state index in [4.69, 9.17) is 9.72 Å². The molecule has 0 radical (unpaired) electrons. The van der Waals surface area contributed by atoms with Crippen molar-refractivity contribution in [2.24, 2.45) is 0 Å². The van der Waals surface area contributed by atoms with Gasteiger partial charge >= 0.3 is 0 Å². The normalized spacial score (nSPS) is 14.7. The number of benzene rings is 1. The average molecular weight is 418 g/mol. The molecule has 0 bridgehead atoms. The Labute approximate surface area is 182 Å². The molecule has 7 heteroatoms. The Morgan fingerprint density at radius 2 is 1.94 bits per heavy atom. The number of carbonyl (C=O) groups excluding carboxylic acids is 1. The van der Waals surface area contributed by atoms with Crippen molar-refractivity contribution in [1.29, 1.82) is 0 Å². The quantitative estimate of drug-likeness (QED) is 0.610. The summed E-state index contributed by atoms with van der Waals surface area (Å²) in [7, 11) is 1.68. The molecule has 2 heterocycles. The van der Waals surface area contributed by atoms with Gasteiger partial charge in [-0.25, -0.2) is 14.6 Å². The van der Waals surface area contributed by atoms with E-state index in [9.17, 15) is 4.79 Å². The SMILES string of the molecule is CCN(CC)C(=O)c1cnn(-c2ncc3c(n2)-c2cc(OC)ccc2CC3)c1C1CC1. The maximum atomic E-state index is 13.1. The molecule has 0 aliphatic heterocycles. The molecule has 7 nitrogen and oxygen atoms in total.